The van der Waals surface area contributed by atoms with E-state index in [0.29, 0.717) is 11.1 Å². The molecule has 0 aliphatic carbocycles. The van der Waals surface area contributed by atoms with Gasteiger partial charge < -0.3 is 10.0 Å². The first-order valence-corrected chi connectivity index (χ1v) is 6.41. The van der Waals surface area contributed by atoms with Crippen LogP contribution in [0.4, 0.5) is 0 Å². The third-order valence-corrected chi connectivity index (χ3v) is 2.30. The lowest BCUT2D eigenvalue weighted by Gasteiger charge is -2.05. The zero-order chi connectivity index (χ0) is 12.9. The lowest BCUT2D eigenvalue weighted by Crippen LogP contribution is -2.15. The molecule has 0 saturated heterocycles. The zero-order valence-electron chi connectivity index (χ0n) is 9.12. The number of nitriles is 1. The number of benzene rings is 1. The van der Waals surface area contributed by atoms with E-state index in [4.69, 9.17) is 11.1 Å². The van der Waals surface area contributed by atoms with E-state index in [1.807, 2.05) is 6.07 Å². The van der Waals surface area contributed by atoms with E-state index in [-0.39, 0.29) is 12.3 Å². The van der Waals surface area contributed by atoms with Crippen molar-refractivity contribution in [2.45, 2.75) is 6.42 Å². The summed E-state index contributed by atoms with van der Waals surface area (Å²) in [7, 11) is -3.65. The second-order valence-corrected chi connectivity index (χ2v) is 4.87. The molecule has 0 unspecified atom stereocenters. The maximum absolute atomic E-state index is 10.9. The third kappa shape index (κ3) is 4.53. The molecule has 0 aliphatic heterocycles. The Labute approximate surface area is 99.4 Å². The highest BCUT2D eigenvalue weighted by Crippen LogP contribution is 2.07. The summed E-state index contributed by atoms with van der Waals surface area (Å²) in [5.74, 6) is 4.91. The van der Waals surface area contributed by atoms with E-state index in [2.05, 4.69) is 9.28 Å². The Kier molecular flexibility index (Phi) is 4.06. The summed E-state index contributed by atoms with van der Waals surface area (Å²) in [6.45, 7) is 0. The van der Waals surface area contributed by atoms with Gasteiger partial charge in [-0.15, -0.1) is 5.10 Å². The van der Waals surface area contributed by atoms with Crippen molar-refractivity contribution in [3.63, 3.8) is 0 Å². The summed E-state index contributed by atoms with van der Waals surface area (Å²) in [5.41, 5.74) is 1.16. The Balaban J connectivity index is 2.86. The molecule has 0 aliphatic rings. The van der Waals surface area contributed by atoms with E-state index >= 15 is 0 Å². The maximum Gasteiger partial charge on any atom is 0.307 e. The Morgan fingerprint density at radius 2 is 2.29 bits per heavy atom. The molecule has 2 N–H and O–H groups in total. The summed E-state index contributed by atoms with van der Waals surface area (Å²) in [4.78, 5) is 0. The minimum absolute atomic E-state index is 0.110. The standard InChI is InChI=1S/C10H11N3O3S/c1-17(14,15)16-10(13-12)6-8-3-2-4-9(5-8)7-11/h2-5H,6,12H2,1H3. The van der Waals surface area contributed by atoms with Gasteiger partial charge in [0.2, 0.25) is 5.90 Å². The number of nitrogens with zero attached hydrogens (tertiary/aromatic N) is 2. The van der Waals surface area contributed by atoms with Crippen LogP contribution in [0, 0.1) is 11.3 Å². The molecule has 6 nitrogen and oxygen atoms in total. The van der Waals surface area contributed by atoms with E-state index in [9.17, 15) is 8.42 Å². The van der Waals surface area contributed by atoms with Crippen LogP contribution in [-0.2, 0) is 20.7 Å². The van der Waals surface area contributed by atoms with Gasteiger partial charge in [0.05, 0.1) is 24.3 Å². The molecule has 0 fully saturated rings. The quantitative estimate of drug-likeness (QED) is 0.275. The van der Waals surface area contributed by atoms with E-state index in [1.165, 1.54) is 0 Å². The summed E-state index contributed by atoms with van der Waals surface area (Å²) in [6.07, 6.45) is 1.02. The first-order valence-electron chi connectivity index (χ1n) is 4.60. The van der Waals surface area contributed by atoms with Gasteiger partial charge >= 0.3 is 10.1 Å². The summed E-state index contributed by atoms with van der Waals surface area (Å²) >= 11 is 0. The van der Waals surface area contributed by atoms with Gasteiger partial charge in [0.15, 0.2) is 0 Å². The fourth-order valence-corrected chi connectivity index (χ4v) is 1.65. The molecule has 0 radical (unpaired) electrons. The predicted molar refractivity (Wildman–Crippen MR) is 62.4 cm³/mol. The summed E-state index contributed by atoms with van der Waals surface area (Å²) < 4.78 is 26.4. The third-order valence-electron chi connectivity index (χ3n) is 1.80. The Morgan fingerprint density at radius 3 is 2.82 bits per heavy atom. The SMILES string of the molecule is CS(=O)(=O)OC(Cc1cccc(C#N)c1)=NN. The van der Waals surface area contributed by atoms with Gasteiger partial charge in [-0.3, -0.25) is 0 Å². The van der Waals surface area contributed by atoms with Gasteiger partial charge in [0, 0.05) is 0 Å². The first-order chi connectivity index (χ1) is 7.94. The van der Waals surface area contributed by atoms with Gasteiger partial charge in [0.1, 0.15) is 0 Å². The minimum atomic E-state index is -3.65. The van der Waals surface area contributed by atoms with Crippen molar-refractivity contribution in [3.05, 3.63) is 35.4 Å². The topological polar surface area (TPSA) is 106 Å². The van der Waals surface area contributed by atoms with Gasteiger partial charge in [-0.05, 0) is 17.7 Å². The van der Waals surface area contributed by atoms with Crippen molar-refractivity contribution in [1.29, 1.82) is 5.26 Å². The van der Waals surface area contributed by atoms with E-state index < -0.39 is 10.1 Å². The monoisotopic (exact) mass is 253 g/mol. The molecule has 1 aromatic carbocycles. The van der Waals surface area contributed by atoms with Crippen LogP contribution in [0.3, 0.4) is 0 Å². The average Bonchev–Trinajstić information content (AvgIpc) is 2.26. The van der Waals surface area contributed by atoms with Crippen molar-refractivity contribution in [2.24, 2.45) is 10.9 Å². The van der Waals surface area contributed by atoms with Gasteiger partial charge in [-0.1, -0.05) is 12.1 Å². The van der Waals surface area contributed by atoms with Crippen LogP contribution in [-0.4, -0.2) is 20.6 Å². The van der Waals surface area contributed by atoms with Gasteiger partial charge in [-0.2, -0.15) is 13.7 Å². The van der Waals surface area contributed by atoms with Crippen molar-refractivity contribution in [2.75, 3.05) is 6.26 Å². The molecule has 0 atom stereocenters. The van der Waals surface area contributed by atoms with Crippen LogP contribution < -0.4 is 5.84 Å². The normalized spacial score (nSPS) is 11.9. The smallest absolute Gasteiger partial charge is 0.307 e. The van der Waals surface area contributed by atoms with Crippen molar-refractivity contribution < 1.29 is 12.6 Å². The molecule has 90 valence electrons. The highest BCUT2D eigenvalue weighted by atomic mass is 32.2. The Bertz CT molecular complexity index is 573. The molecule has 0 amide bonds. The van der Waals surface area contributed by atoms with E-state index in [1.54, 1.807) is 24.3 Å². The van der Waals surface area contributed by atoms with Crippen LogP contribution in [0.15, 0.2) is 29.4 Å². The minimum Gasteiger partial charge on any atom is -0.365 e. The second-order valence-electron chi connectivity index (χ2n) is 3.30. The molecule has 0 bridgehead atoms. The Hall–Kier alpha value is -2.07. The van der Waals surface area contributed by atoms with Gasteiger partial charge in [-0.25, -0.2) is 0 Å². The van der Waals surface area contributed by atoms with Crippen LogP contribution >= 0.6 is 0 Å². The van der Waals surface area contributed by atoms with Gasteiger partial charge in [0.25, 0.3) is 0 Å². The molecule has 0 heterocycles. The van der Waals surface area contributed by atoms with Crippen LogP contribution in [0.1, 0.15) is 11.1 Å². The molecule has 0 spiro atoms. The highest BCUT2D eigenvalue weighted by molar-refractivity contribution is 7.86. The van der Waals surface area contributed by atoms with Crippen LogP contribution in [0.25, 0.3) is 0 Å². The summed E-state index contributed by atoms with van der Waals surface area (Å²) in [6, 6.07) is 8.63. The highest BCUT2D eigenvalue weighted by Gasteiger charge is 2.10. The molecule has 0 aromatic heterocycles. The molecule has 17 heavy (non-hydrogen) atoms. The predicted octanol–water partition coefficient (Wildman–Crippen LogP) is 0.349. The lowest BCUT2D eigenvalue weighted by atomic mass is 10.1. The molecule has 7 heteroatoms. The van der Waals surface area contributed by atoms with Crippen molar-refractivity contribution in [1.82, 2.24) is 0 Å². The number of hydrazone groups is 1. The molecule has 1 aromatic rings. The molecular weight excluding hydrogens is 242 g/mol. The number of hydrogen-bond acceptors (Lipinski definition) is 6. The zero-order valence-corrected chi connectivity index (χ0v) is 9.94. The fraction of sp³-hybridized carbons (Fsp3) is 0.200. The fourth-order valence-electron chi connectivity index (χ4n) is 1.20. The van der Waals surface area contributed by atoms with Crippen LogP contribution in [0.2, 0.25) is 0 Å². The average molecular weight is 253 g/mol. The summed E-state index contributed by atoms with van der Waals surface area (Å²) in [5, 5.41) is 12.0. The largest absolute Gasteiger partial charge is 0.365 e. The molecule has 1 rings (SSSR count). The van der Waals surface area contributed by atoms with Crippen molar-refractivity contribution >= 4 is 16.0 Å². The first kappa shape index (κ1) is 13.0. The molecule has 0 saturated carbocycles. The second kappa shape index (κ2) is 5.32. The molecular formula is C10H11N3O3S. The van der Waals surface area contributed by atoms with E-state index in [0.717, 1.165) is 6.26 Å². The lowest BCUT2D eigenvalue weighted by molar-refractivity contribution is 0.482. The number of hydrogen-bond donors (Lipinski definition) is 1. The number of nitrogens with two attached hydrogens (primary N) is 1. The van der Waals surface area contributed by atoms with Crippen LogP contribution in [0.5, 0.6) is 0 Å². The van der Waals surface area contributed by atoms with Crippen molar-refractivity contribution in [3.8, 4) is 6.07 Å². The Morgan fingerprint density at radius 1 is 1.59 bits per heavy atom. The maximum atomic E-state index is 10.9. The number of rotatable bonds is 3.